The molecule has 0 aromatic heterocycles. The van der Waals surface area contributed by atoms with E-state index < -0.39 is 6.10 Å². The van der Waals surface area contributed by atoms with E-state index in [9.17, 15) is 10.2 Å². The van der Waals surface area contributed by atoms with Crippen LogP contribution in [0.15, 0.2) is 0 Å². The van der Waals surface area contributed by atoms with Gasteiger partial charge in [-0.05, 0) is 26.7 Å². The Morgan fingerprint density at radius 3 is 2.80 bits per heavy atom. The Hall–Kier alpha value is -0.160. The molecule has 1 aliphatic heterocycles. The number of ether oxygens (including phenoxy) is 2. The molecule has 1 aliphatic rings. The molecule has 3 unspecified atom stereocenters. The second kappa shape index (κ2) is 6.43. The molecular weight excluding hydrogens is 196 g/mol. The smallest absolute Gasteiger partial charge is 0.0778 e. The Balaban J connectivity index is 2.20. The van der Waals surface area contributed by atoms with Crippen LogP contribution < -0.4 is 0 Å². The minimum Gasteiger partial charge on any atom is -0.393 e. The highest BCUT2D eigenvalue weighted by atomic mass is 16.5. The van der Waals surface area contributed by atoms with Crippen LogP contribution in [0, 0.1) is 5.92 Å². The third-order valence-corrected chi connectivity index (χ3v) is 2.63. The number of aliphatic hydroxyl groups excluding tert-OH is 2. The van der Waals surface area contributed by atoms with Crippen LogP contribution >= 0.6 is 0 Å². The van der Waals surface area contributed by atoms with Crippen molar-refractivity contribution < 1.29 is 19.7 Å². The molecule has 0 saturated carbocycles. The molecule has 0 amide bonds. The summed E-state index contributed by atoms with van der Waals surface area (Å²) in [5, 5.41) is 19.3. The van der Waals surface area contributed by atoms with Crippen LogP contribution in [0.1, 0.15) is 26.7 Å². The molecule has 1 saturated heterocycles. The number of hydrogen-bond donors (Lipinski definition) is 2. The van der Waals surface area contributed by atoms with Crippen molar-refractivity contribution in [3.8, 4) is 0 Å². The van der Waals surface area contributed by atoms with Crippen molar-refractivity contribution >= 4 is 0 Å². The summed E-state index contributed by atoms with van der Waals surface area (Å²) in [4.78, 5) is 0. The van der Waals surface area contributed by atoms with E-state index in [1.54, 1.807) is 0 Å². The lowest BCUT2D eigenvalue weighted by molar-refractivity contribution is -0.0659. The fourth-order valence-electron chi connectivity index (χ4n) is 1.73. The van der Waals surface area contributed by atoms with Crippen molar-refractivity contribution in [2.75, 3.05) is 19.8 Å². The van der Waals surface area contributed by atoms with E-state index in [1.165, 1.54) is 0 Å². The van der Waals surface area contributed by atoms with Gasteiger partial charge in [-0.25, -0.2) is 0 Å². The first-order chi connectivity index (χ1) is 7.09. The van der Waals surface area contributed by atoms with Crippen LogP contribution in [0.2, 0.25) is 0 Å². The first-order valence-electron chi connectivity index (χ1n) is 5.65. The largest absolute Gasteiger partial charge is 0.393 e. The zero-order valence-electron chi connectivity index (χ0n) is 9.56. The SMILES string of the molecule is CC(C)OCC(O)CC1COCCC1O. The molecule has 0 bridgehead atoms. The van der Waals surface area contributed by atoms with Gasteiger partial charge in [-0.1, -0.05) is 0 Å². The van der Waals surface area contributed by atoms with Gasteiger partial charge in [0.25, 0.3) is 0 Å². The first kappa shape index (κ1) is 12.9. The third kappa shape index (κ3) is 4.93. The summed E-state index contributed by atoms with van der Waals surface area (Å²) in [5.41, 5.74) is 0. The maximum absolute atomic E-state index is 9.68. The predicted molar refractivity (Wildman–Crippen MR) is 56.6 cm³/mol. The molecule has 0 aromatic rings. The van der Waals surface area contributed by atoms with E-state index in [2.05, 4.69) is 0 Å². The van der Waals surface area contributed by atoms with E-state index in [4.69, 9.17) is 9.47 Å². The monoisotopic (exact) mass is 218 g/mol. The molecule has 3 atom stereocenters. The fraction of sp³-hybridized carbons (Fsp3) is 1.00. The van der Waals surface area contributed by atoms with Gasteiger partial charge in [-0.15, -0.1) is 0 Å². The van der Waals surface area contributed by atoms with Gasteiger partial charge in [0.1, 0.15) is 0 Å². The summed E-state index contributed by atoms with van der Waals surface area (Å²) in [6.07, 6.45) is 0.504. The molecule has 0 radical (unpaired) electrons. The molecule has 4 heteroatoms. The van der Waals surface area contributed by atoms with Gasteiger partial charge in [0.2, 0.25) is 0 Å². The zero-order valence-corrected chi connectivity index (χ0v) is 9.56. The van der Waals surface area contributed by atoms with Gasteiger partial charge in [0.05, 0.1) is 31.5 Å². The van der Waals surface area contributed by atoms with Crippen LogP contribution in [0.3, 0.4) is 0 Å². The lowest BCUT2D eigenvalue weighted by atomic mass is 9.93. The highest BCUT2D eigenvalue weighted by Gasteiger charge is 2.26. The molecule has 1 heterocycles. The van der Waals surface area contributed by atoms with Crippen LogP contribution in [0.4, 0.5) is 0 Å². The van der Waals surface area contributed by atoms with Gasteiger partial charge in [0.15, 0.2) is 0 Å². The van der Waals surface area contributed by atoms with Gasteiger partial charge in [-0.2, -0.15) is 0 Å². The molecular formula is C11H22O4. The van der Waals surface area contributed by atoms with Gasteiger partial charge in [0, 0.05) is 12.5 Å². The zero-order chi connectivity index (χ0) is 11.3. The molecule has 1 rings (SSSR count). The quantitative estimate of drug-likeness (QED) is 0.708. The molecule has 1 fully saturated rings. The van der Waals surface area contributed by atoms with Crippen LogP contribution in [-0.4, -0.2) is 48.3 Å². The molecule has 0 aliphatic carbocycles. The predicted octanol–water partition coefficient (Wildman–Crippen LogP) is 0.560. The van der Waals surface area contributed by atoms with Crippen molar-refractivity contribution in [2.24, 2.45) is 5.92 Å². The molecule has 90 valence electrons. The second-order valence-electron chi connectivity index (χ2n) is 4.46. The lowest BCUT2D eigenvalue weighted by Crippen LogP contribution is -2.35. The van der Waals surface area contributed by atoms with Crippen LogP contribution in [-0.2, 0) is 9.47 Å². The van der Waals surface area contributed by atoms with Gasteiger partial charge >= 0.3 is 0 Å². The molecule has 2 N–H and O–H groups in total. The van der Waals surface area contributed by atoms with E-state index in [0.29, 0.717) is 32.7 Å². The summed E-state index contributed by atoms with van der Waals surface area (Å²) in [6.45, 7) is 5.37. The minimum absolute atomic E-state index is 0.0458. The van der Waals surface area contributed by atoms with E-state index >= 15 is 0 Å². The summed E-state index contributed by atoms with van der Waals surface area (Å²) in [6, 6.07) is 0. The first-order valence-corrected chi connectivity index (χ1v) is 5.65. The summed E-state index contributed by atoms with van der Waals surface area (Å²) >= 11 is 0. The van der Waals surface area contributed by atoms with E-state index in [-0.39, 0.29) is 18.1 Å². The van der Waals surface area contributed by atoms with Crippen molar-refractivity contribution in [3.63, 3.8) is 0 Å². The third-order valence-electron chi connectivity index (χ3n) is 2.63. The summed E-state index contributed by atoms with van der Waals surface area (Å²) in [5.74, 6) is 0.0458. The second-order valence-corrected chi connectivity index (χ2v) is 4.46. The molecule has 0 aromatic carbocycles. The van der Waals surface area contributed by atoms with E-state index in [1.807, 2.05) is 13.8 Å². The highest BCUT2D eigenvalue weighted by Crippen LogP contribution is 2.19. The molecule has 4 nitrogen and oxygen atoms in total. The number of aliphatic hydroxyl groups is 2. The average Bonchev–Trinajstić information content (AvgIpc) is 2.18. The Bertz CT molecular complexity index is 172. The van der Waals surface area contributed by atoms with Crippen molar-refractivity contribution in [3.05, 3.63) is 0 Å². The lowest BCUT2D eigenvalue weighted by Gasteiger charge is -2.29. The summed E-state index contributed by atoms with van der Waals surface area (Å²) < 4.78 is 10.6. The van der Waals surface area contributed by atoms with Crippen LogP contribution in [0.5, 0.6) is 0 Å². The van der Waals surface area contributed by atoms with Gasteiger partial charge in [-0.3, -0.25) is 0 Å². The maximum atomic E-state index is 9.68. The maximum Gasteiger partial charge on any atom is 0.0778 e. The highest BCUT2D eigenvalue weighted by molar-refractivity contribution is 4.75. The van der Waals surface area contributed by atoms with Crippen molar-refractivity contribution in [1.29, 1.82) is 0 Å². The van der Waals surface area contributed by atoms with E-state index in [0.717, 1.165) is 0 Å². The fourth-order valence-corrected chi connectivity index (χ4v) is 1.73. The van der Waals surface area contributed by atoms with Gasteiger partial charge < -0.3 is 19.7 Å². The van der Waals surface area contributed by atoms with Crippen molar-refractivity contribution in [2.45, 2.75) is 45.0 Å². The Labute approximate surface area is 91.2 Å². The normalized spacial score (nSPS) is 29.4. The average molecular weight is 218 g/mol. The van der Waals surface area contributed by atoms with Crippen molar-refractivity contribution in [1.82, 2.24) is 0 Å². The number of rotatable bonds is 5. The topological polar surface area (TPSA) is 58.9 Å². The molecule has 15 heavy (non-hydrogen) atoms. The Kier molecular flexibility index (Phi) is 5.53. The Morgan fingerprint density at radius 1 is 1.47 bits per heavy atom. The van der Waals surface area contributed by atoms with Crippen LogP contribution in [0.25, 0.3) is 0 Å². The molecule has 0 spiro atoms. The minimum atomic E-state index is -0.506. The number of hydrogen-bond acceptors (Lipinski definition) is 4. The Morgan fingerprint density at radius 2 is 2.20 bits per heavy atom. The standard InChI is InChI=1S/C11H22O4/c1-8(2)15-7-10(12)5-9-6-14-4-3-11(9)13/h8-13H,3-7H2,1-2H3. The summed E-state index contributed by atoms with van der Waals surface area (Å²) in [7, 11) is 0.